The van der Waals surface area contributed by atoms with E-state index in [-0.39, 0.29) is 11.7 Å². The molecule has 0 fully saturated rings. The van der Waals surface area contributed by atoms with Gasteiger partial charge in [0.05, 0.1) is 5.69 Å². The molecule has 0 saturated heterocycles. The molecule has 0 aromatic heterocycles. The van der Waals surface area contributed by atoms with Crippen molar-refractivity contribution in [3.05, 3.63) is 64.2 Å². The summed E-state index contributed by atoms with van der Waals surface area (Å²) in [4.78, 5) is 23.8. The molecule has 0 unspecified atom stereocenters. The van der Waals surface area contributed by atoms with Crippen LogP contribution in [0.15, 0.2) is 42.5 Å². The number of amides is 1. The molecule has 2 aromatic rings. The molecule has 0 aliphatic rings. The highest BCUT2D eigenvalue weighted by molar-refractivity contribution is 6.30. The Bertz CT molecular complexity index is 680. The summed E-state index contributed by atoms with van der Waals surface area (Å²) >= 11 is 5.87. The van der Waals surface area contributed by atoms with Crippen molar-refractivity contribution in [2.24, 2.45) is 0 Å². The van der Waals surface area contributed by atoms with Gasteiger partial charge in [0.25, 0.3) is 5.91 Å². The van der Waals surface area contributed by atoms with Crippen molar-refractivity contribution >= 4 is 29.0 Å². The van der Waals surface area contributed by atoms with E-state index in [9.17, 15) is 9.59 Å². The first kappa shape index (κ1) is 14.3. The van der Waals surface area contributed by atoms with Gasteiger partial charge in [0.1, 0.15) is 0 Å². The van der Waals surface area contributed by atoms with Crippen molar-refractivity contribution in [2.75, 3.05) is 5.32 Å². The lowest BCUT2D eigenvalue weighted by atomic mass is 10.1. The Kier molecular flexibility index (Phi) is 4.20. The van der Waals surface area contributed by atoms with Gasteiger partial charge >= 0.3 is 0 Å². The molecule has 2 rings (SSSR count). The number of nitrogens with one attached hydrogen (secondary N) is 1. The third-order valence-corrected chi connectivity index (χ3v) is 3.22. The SMILES string of the molecule is CC(=O)c1ccccc1NC(=O)c1ccc(Cl)cc1C. The fraction of sp³-hybridized carbons (Fsp3) is 0.125. The van der Waals surface area contributed by atoms with Gasteiger partial charge in [-0.3, -0.25) is 9.59 Å². The molecule has 1 N–H and O–H groups in total. The van der Waals surface area contributed by atoms with E-state index in [0.717, 1.165) is 5.56 Å². The number of carbonyl (C=O) groups is 2. The van der Waals surface area contributed by atoms with E-state index in [4.69, 9.17) is 11.6 Å². The van der Waals surface area contributed by atoms with Gasteiger partial charge in [0, 0.05) is 16.1 Å². The highest BCUT2D eigenvalue weighted by atomic mass is 35.5. The van der Waals surface area contributed by atoms with Crippen LogP contribution in [0.4, 0.5) is 5.69 Å². The number of ketones is 1. The predicted molar refractivity (Wildman–Crippen MR) is 80.6 cm³/mol. The molecule has 0 radical (unpaired) electrons. The first-order valence-corrected chi connectivity index (χ1v) is 6.54. The van der Waals surface area contributed by atoms with Gasteiger partial charge in [-0.1, -0.05) is 23.7 Å². The minimum atomic E-state index is -0.257. The van der Waals surface area contributed by atoms with Crippen LogP contribution in [-0.4, -0.2) is 11.7 Å². The Morgan fingerprint density at radius 3 is 2.40 bits per heavy atom. The van der Waals surface area contributed by atoms with Gasteiger partial charge in [-0.15, -0.1) is 0 Å². The van der Waals surface area contributed by atoms with Crippen molar-refractivity contribution < 1.29 is 9.59 Å². The van der Waals surface area contributed by atoms with Crippen LogP contribution in [0.1, 0.15) is 33.2 Å². The Hall–Kier alpha value is -2.13. The number of carbonyl (C=O) groups excluding carboxylic acids is 2. The van der Waals surface area contributed by atoms with E-state index >= 15 is 0 Å². The van der Waals surface area contributed by atoms with Crippen LogP contribution in [0.25, 0.3) is 0 Å². The van der Waals surface area contributed by atoms with Gasteiger partial charge < -0.3 is 5.32 Å². The largest absolute Gasteiger partial charge is 0.321 e. The molecule has 0 aliphatic carbocycles. The zero-order valence-corrected chi connectivity index (χ0v) is 12.0. The third-order valence-electron chi connectivity index (χ3n) is 2.99. The average molecular weight is 288 g/mol. The standard InChI is InChI=1S/C16H14ClNO2/c1-10-9-12(17)7-8-13(10)16(20)18-15-6-4-3-5-14(15)11(2)19/h3-9H,1-2H3,(H,18,20). The van der Waals surface area contributed by atoms with Gasteiger partial charge in [-0.25, -0.2) is 0 Å². The fourth-order valence-electron chi connectivity index (χ4n) is 1.97. The molecule has 1 amide bonds. The maximum Gasteiger partial charge on any atom is 0.255 e. The van der Waals surface area contributed by atoms with Crippen LogP contribution in [0.2, 0.25) is 5.02 Å². The van der Waals surface area contributed by atoms with Crippen molar-refractivity contribution in [1.82, 2.24) is 0 Å². The van der Waals surface area contributed by atoms with Gasteiger partial charge in [-0.05, 0) is 49.7 Å². The molecular weight excluding hydrogens is 274 g/mol. The van der Waals surface area contributed by atoms with Gasteiger partial charge in [-0.2, -0.15) is 0 Å². The van der Waals surface area contributed by atoms with E-state index in [1.54, 1.807) is 42.5 Å². The number of anilines is 1. The summed E-state index contributed by atoms with van der Waals surface area (Å²) in [5, 5.41) is 3.35. The van der Waals surface area contributed by atoms with Crippen molar-refractivity contribution in [3.8, 4) is 0 Å². The number of halogens is 1. The zero-order valence-electron chi connectivity index (χ0n) is 11.2. The fourth-order valence-corrected chi connectivity index (χ4v) is 2.20. The topological polar surface area (TPSA) is 46.2 Å². The molecule has 0 aliphatic heterocycles. The maximum absolute atomic E-state index is 12.3. The monoisotopic (exact) mass is 287 g/mol. The number of benzene rings is 2. The molecule has 0 saturated carbocycles. The molecule has 102 valence electrons. The second-order valence-corrected chi connectivity index (χ2v) is 4.95. The summed E-state index contributed by atoms with van der Waals surface area (Å²) in [6, 6.07) is 12.0. The molecule has 3 nitrogen and oxygen atoms in total. The minimum absolute atomic E-state index is 0.0891. The summed E-state index contributed by atoms with van der Waals surface area (Å²) in [6.07, 6.45) is 0. The lowest BCUT2D eigenvalue weighted by Gasteiger charge is -2.10. The molecule has 4 heteroatoms. The number of aryl methyl sites for hydroxylation is 1. The molecule has 0 heterocycles. The molecule has 20 heavy (non-hydrogen) atoms. The summed E-state index contributed by atoms with van der Waals surface area (Å²) in [5.41, 5.74) is 2.33. The lowest BCUT2D eigenvalue weighted by molar-refractivity contribution is 0.101. The lowest BCUT2D eigenvalue weighted by Crippen LogP contribution is -2.15. The first-order chi connectivity index (χ1) is 9.49. The van der Waals surface area contributed by atoms with Gasteiger partial charge in [0.15, 0.2) is 5.78 Å². The molecule has 2 aromatic carbocycles. The summed E-state index contributed by atoms with van der Waals surface area (Å²) in [7, 11) is 0. The van der Waals surface area contributed by atoms with E-state index in [0.29, 0.717) is 21.8 Å². The zero-order chi connectivity index (χ0) is 14.7. The Labute approximate surface area is 122 Å². The van der Waals surface area contributed by atoms with E-state index in [1.807, 2.05) is 6.92 Å². The Balaban J connectivity index is 2.30. The molecule has 0 bridgehead atoms. The normalized spacial score (nSPS) is 10.2. The molecule has 0 spiro atoms. The summed E-state index contributed by atoms with van der Waals surface area (Å²) in [5.74, 6) is -0.346. The van der Waals surface area contributed by atoms with Crippen LogP contribution >= 0.6 is 11.6 Å². The number of Topliss-reactive ketones (excluding diaryl/α,β-unsaturated/α-hetero) is 1. The summed E-state index contributed by atoms with van der Waals surface area (Å²) < 4.78 is 0. The number of para-hydroxylation sites is 1. The van der Waals surface area contributed by atoms with Crippen LogP contribution in [0.5, 0.6) is 0 Å². The quantitative estimate of drug-likeness (QED) is 0.864. The first-order valence-electron chi connectivity index (χ1n) is 6.16. The van der Waals surface area contributed by atoms with Crippen LogP contribution in [-0.2, 0) is 0 Å². The Morgan fingerprint density at radius 2 is 1.75 bits per heavy atom. The highest BCUT2D eigenvalue weighted by Crippen LogP contribution is 2.19. The second kappa shape index (κ2) is 5.88. The average Bonchev–Trinajstić information content (AvgIpc) is 2.38. The third kappa shape index (κ3) is 3.06. The van der Waals surface area contributed by atoms with E-state index in [2.05, 4.69) is 5.32 Å². The number of rotatable bonds is 3. The van der Waals surface area contributed by atoms with E-state index in [1.165, 1.54) is 6.92 Å². The van der Waals surface area contributed by atoms with E-state index < -0.39 is 0 Å². The minimum Gasteiger partial charge on any atom is -0.321 e. The predicted octanol–water partition coefficient (Wildman–Crippen LogP) is 4.10. The van der Waals surface area contributed by atoms with Crippen molar-refractivity contribution in [1.29, 1.82) is 0 Å². The van der Waals surface area contributed by atoms with Crippen LogP contribution < -0.4 is 5.32 Å². The molecule has 0 atom stereocenters. The van der Waals surface area contributed by atoms with Crippen LogP contribution in [0, 0.1) is 6.92 Å². The Morgan fingerprint density at radius 1 is 1.05 bits per heavy atom. The second-order valence-electron chi connectivity index (χ2n) is 4.52. The summed E-state index contributed by atoms with van der Waals surface area (Å²) in [6.45, 7) is 3.29. The number of hydrogen-bond donors (Lipinski definition) is 1. The van der Waals surface area contributed by atoms with Gasteiger partial charge in [0.2, 0.25) is 0 Å². The van der Waals surface area contributed by atoms with Crippen molar-refractivity contribution in [3.63, 3.8) is 0 Å². The smallest absolute Gasteiger partial charge is 0.255 e. The van der Waals surface area contributed by atoms with Crippen molar-refractivity contribution in [2.45, 2.75) is 13.8 Å². The molecular formula is C16H14ClNO2. The highest BCUT2D eigenvalue weighted by Gasteiger charge is 2.13. The number of hydrogen-bond acceptors (Lipinski definition) is 2. The maximum atomic E-state index is 12.3. The van der Waals surface area contributed by atoms with Crippen LogP contribution in [0.3, 0.4) is 0 Å².